The minimum Gasteiger partial charge on any atom is -0.325 e. The smallest absolute Gasteiger partial charge is 0.238 e. The number of terminal acetylenes is 1. The van der Waals surface area contributed by atoms with Gasteiger partial charge in [-0.15, -0.1) is 12.3 Å². The van der Waals surface area contributed by atoms with Crippen molar-refractivity contribution in [1.82, 2.24) is 5.32 Å². The van der Waals surface area contributed by atoms with Crippen LogP contribution in [0.4, 0.5) is 10.1 Å². The van der Waals surface area contributed by atoms with Crippen molar-refractivity contribution in [2.45, 2.75) is 25.8 Å². The molecule has 0 aliphatic rings. The first kappa shape index (κ1) is 14.2. The van der Waals surface area contributed by atoms with Crippen LogP contribution in [0.15, 0.2) is 24.3 Å². The molecule has 96 valence electrons. The normalized spacial score (nSPS) is 11.6. The summed E-state index contributed by atoms with van der Waals surface area (Å²) < 4.78 is 12.9. The van der Waals surface area contributed by atoms with Crippen LogP contribution in [0.1, 0.15) is 19.8 Å². The number of rotatable bonds is 6. The summed E-state index contributed by atoms with van der Waals surface area (Å²) in [5, 5.41) is 5.67. The molecule has 0 heterocycles. The van der Waals surface area contributed by atoms with Gasteiger partial charge >= 0.3 is 0 Å². The van der Waals surface area contributed by atoms with Gasteiger partial charge in [0.25, 0.3) is 0 Å². The molecular weight excluding hydrogens is 231 g/mol. The molecule has 0 spiro atoms. The summed E-state index contributed by atoms with van der Waals surface area (Å²) >= 11 is 0. The van der Waals surface area contributed by atoms with Crippen molar-refractivity contribution in [3.05, 3.63) is 30.1 Å². The number of carbonyl (C=O) groups excluding carboxylic acids is 1. The molecule has 18 heavy (non-hydrogen) atoms. The number of amides is 1. The molecule has 0 aliphatic heterocycles. The molecule has 0 bridgehead atoms. The van der Waals surface area contributed by atoms with Crippen LogP contribution in [-0.4, -0.2) is 18.5 Å². The largest absolute Gasteiger partial charge is 0.325 e. The third-order valence-electron chi connectivity index (χ3n) is 2.52. The monoisotopic (exact) mass is 248 g/mol. The van der Waals surface area contributed by atoms with Crippen LogP contribution < -0.4 is 10.6 Å². The summed E-state index contributed by atoms with van der Waals surface area (Å²) in [5.74, 6) is 1.97. The zero-order valence-corrected chi connectivity index (χ0v) is 10.4. The van der Waals surface area contributed by atoms with Crippen LogP contribution >= 0.6 is 0 Å². The van der Waals surface area contributed by atoms with Crippen molar-refractivity contribution in [1.29, 1.82) is 0 Å². The summed E-state index contributed by atoms with van der Waals surface area (Å²) in [4.78, 5) is 11.6. The number of nitrogens with one attached hydrogen (secondary N) is 2. The molecule has 2 N–H and O–H groups in total. The highest BCUT2D eigenvalue weighted by Gasteiger charge is 2.07. The molecule has 3 nitrogen and oxygen atoms in total. The first-order valence-electron chi connectivity index (χ1n) is 5.88. The third kappa shape index (κ3) is 4.98. The Kier molecular flexibility index (Phi) is 5.89. The topological polar surface area (TPSA) is 41.1 Å². The zero-order chi connectivity index (χ0) is 13.4. The lowest BCUT2D eigenvalue weighted by atomic mass is 10.1. The molecule has 1 rings (SSSR count). The van der Waals surface area contributed by atoms with Gasteiger partial charge in [0.2, 0.25) is 5.91 Å². The van der Waals surface area contributed by atoms with Crippen LogP contribution in [0.2, 0.25) is 0 Å². The molecule has 4 heteroatoms. The van der Waals surface area contributed by atoms with Gasteiger partial charge < -0.3 is 10.6 Å². The second-order valence-corrected chi connectivity index (χ2v) is 3.95. The van der Waals surface area contributed by atoms with Gasteiger partial charge in [-0.3, -0.25) is 4.79 Å². The molecule has 0 radical (unpaired) electrons. The predicted octanol–water partition coefficient (Wildman–Crippen LogP) is 2.16. The quantitative estimate of drug-likeness (QED) is 0.757. The van der Waals surface area contributed by atoms with Gasteiger partial charge in [0, 0.05) is 18.2 Å². The molecule has 0 saturated heterocycles. The summed E-state index contributed by atoms with van der Waals surface area (Å²) in [7, 11) is 0. The molecule has 1 unspecified atom stereocenters. The van der Waals surface area contributed by atoms with Crippen molar-refractivity contribution < 1.29 is 9.18 Å². The van der Waals surface area contributed by atoms with Crippen molar-refractivity contribution in [3.8, 4) is 12.3 Å². The van der Waals surface area contributed by atoms with Crippen molar-refractivity contribution in [2.24, 2.45) is 0 Å². The maximum Gasteiger partial charge on any atom is 0.238 e. The molecule has 1 amide bonds. The van der Waals surface area contributed by atoms with Gasteiger partial charge in [0.05, 0.1) is 6.54 Å². The average molecular weight is 248 g/mol. The maximum absolute atomic E-state index is 12.9. The maximum atomic E-state index is 12.9. The number of benzene rings is 1. The summed E-state index contributed by atoms with van der Waals surface area (Å²) in [5.41, 5.74) is 0.451. The standard InChI is InChI=1S/C14H17FN2O/c1-3-6-12(4-2)16-10-14(18)17-13-8-5-7-11(15)9-13/h1,5,7-9,12,16H,4,6,10H2,2H3,(H,17,18). The SMILES string of the molecule is C#CCC(CC)NCC(=O)Nc1cccc(F)c1. The van der Waals surface area contributed by atoms with Gasteiger partial charge in [-0.1, -0.05) is 13.0 Å². The van der Waals surface area contributed by atoms with E-state index in [0.717, 1.165) is 6.42 Å². The highest BCUT2D eigenvalue weighted by Crippen LogP contribution is 2.08. The summed E-state index contributed by atoms with van der Waals surface area (Å²) in [6.07, 6.45) is 6.66. The minimum atomic E-state index is -0.375. The lowest BCUT2D eigenvalue weighted by Gasteiger charge is -2.13. The van der Waals surface area contributed by atoms with E-state index in [0.29, 0.717) is 12.1 Å². The first-order valence-corrected chi connectivity index (χ1v) is 5.88. The number of anilines is 1. The Bertz CT molecular complexity index is 440. The molecule has 1 aromatic rings. The number of hydrogen-bond acceptors (Lipinski definition) is 2. The van der Waals surface area contributed by atoms with Gasteiger partial charge in [-0.2, -0.15) is 0 Å². The molecular formula is C14H17FN2O. The van der Waals surface area contributed by atoms with E-state index in [1.54, 1.807) is 12.1 Å². The Hall–Kier alpha value is -1.86. The lowest BCUT2D eigenvalue weighted by Crippen LogP contribution is -2.35. The molecule has 1 aromatic carbocycles. The molecule has 0 aromatic heterocycles. The number of carbonyl (C=O) groups is 1. The fourth-order valence-corrected chi connectivity index (χ4v) is 1.51. The van der Waals surface area contributed by atoms with E-state index in [2.05, 4.69) is 16.6 Å². The van der Waals surface area contributed by atoms with Crippen LogP contribution in [0.5, 0.6) is 0 Å². The molecule has 0 aliphatic carbocycles. The van der Waals surface area contributed by atoms with E-state index in [1.807, 2.05) is 6.92 Å². The number of halogens is 1. The van der Waals surface area contributed by atoms with Crippen molar-refractivity contribution in [2.75, 3.05) is 11.9 Å². The van der Waals surface area contributed by atoms with E-state index >= 15 is 0 Å². The van der Waals surface area contributed by atoms with Crippen LogP contribution in [-0.2, 0) is 4.79 Å². The Morgan fingerprint density at radius 2 is 2.33 bits per heavy atom. The molecule has 0 saturated carbocycles. The molecule has 0 fully saturated rings. The first-order chi connectivity index (χ1) is 8.65. The minimum absolute atomic E-state index is 0.133. The van der Waals surface area contributed by atoms with Gasteiger partial charge in [0.1, 0.15) is 5.82 Å². The van der Waals surface area contributed by atoms with E-state index in [9.17, 15) is 9.18 Å². The van der Waals surface area contributed by atoms with Gasteiger partial charge in [-0.05, 0) is 24.6 Å². The fraction of sp³-hybridized carbons (Fsp3) is 0.357. The van der Waals surface area contributed by atoms with Crippen molar-refractivity contribution in [3.63, 3.8) is 0 Å². The molecule has 1 atom stereocenters. The Morgan fingerprint density at radius 1 is 1.56 bits per heavy atom. The number of hydrogen-bond donors (Lipinski definition) is 2. The second kappa shape index (κ2) is 7.46. The van der Waals surface area contributed by atoms with E-state index in [-0.39, 0.29) is 24.3 Å². The van der Waals surface area contributed by atoms with Crippen LogP contribution in [0, 0.1) is 18.2 Å². The highest BCUT2D eigenvalue weighted by atomic mass is 19.1. The highest BCUT2D eigenvalue weighted by molar-refractivity contribution is 5.92. The Balaban J connectivity index is 2.40. The van der Waals surface area contributed by atoms with Crippen LogP contribution in [0.25, 0.3) is 0 Å². The fourth-order valence-electron chi connectivity index (χ4n) is 1.51. The van der Waals surface area contributed by atoms with Gasteiger partial charge in [0.15, 0.2) is 0 Å². The second-order valence-electron chi connectivity index (χ2n) is 3.95. The van der Waals surface area contributed by atoms with Gasteiger partial charge in [-0.25, -0.2) is 4.39 Å². The van der Waals surface area contributed by atoms with Crippen LogP contribution in [0.3, 0.4) is 0 Å². The van der Waals surface area contributed by atoms with E-state index < -0.39 is 0 Å². The average Bonchev–Trinajstić information content (AvgIpc) is 2.34. The third-order valence-corrected chi connectivity index (χ3v) is 2.52. The summed E-state index contributed by atoms with van der Waals surface area (Å²) in [6.45, 7) is 2.16. The van der Waals surface area contributed by atoms with E-state index in [4.69, 9.17) is 6.42 Å². The zero-order valence-electron chi connectivity index (χ0n) is 10.4. The van der Waals surface area contributed by atoms with E-state index in [1.165, 1.54) is 12.1 Å². The summed E-state index contributed by atoms with van der Waals surface area (Å²) in [6, 6.07) is 5.92. The lowest BCUT2D eigenvalue weighted by molar-refractivity contribution is -0.115. The predicted molar refractivity (Wildman–Crippen MR) is 70.6 cm³/mol. The Morgan fingerprint density at radius 3 is 2.94 bits per heavy atom. The Labute approximate surface area is 107 Å². The van der Waals surface area contributed by atoms with Crippen molar-refractivity contribution >= 4 is 11.6 Å².